The highest BCUT2D eigenvalue weighted by Gasteiger charge is 2.43. The van der Waals surface area contributed by atoms with Crippen molar-refractivity contribution in [3.05, 3.63) is 83.4 Å². The number of carbonyl (C=O) groups excluding carboxylic acids is 2. The number of methoxy groups -OCH3 is 1. The van der Waals surface area contributed by atoms with E-state index in [0.29, 0.717) is 23.4 Å². The van der Waals surface area contributed by atoms with Crippen LogP contribution in [0, 0.1) is 0 Å². The van der Waals surface area contributed by atoms with E-state index in [-0.39, 0.29) is 23.7 Å². The Balaban J connectivity index is 1.57. The lowest BCUT2D eigenvalue weighted by molar-refractivity contribution is -0.253. The number of nitrogens with two attached hydrogens (primary N) is 2. The van der Waals surface area contributed by atoms with Crippen LogP contribution in [0.4, 0.5) is 28.9 Å². The van der Waals surface area contributed by atoms with Crippen molar-refractivity contribution in [2.75, 3.05) is 25.2 Å². The van der Waals surface area contributed by atoms with Crippen molar-refractivity contribution in [1.29, 1.82) is 0 Å². The van der Waals surface area contributed by atoms with Crippen LogP contribution in [0.2, 0.25) is 0 Å². The molecule has 0 amide bonds. The lowest BCUT2D eigenvalue weighted by Crippen LogP contribution is -2.33. The number of hydrogen-bond donors (Lipinski definition) is 2. The molecule has 0 saturated carbocycles. The summed E-state index contributed by atoms with van der Waals surface area (Å²) in [6.07, 6.45) is -5.56. The average molecular weight is 548 g/mol. The largest absolute Gasteiger partial charge is 0.493 e. The average Bonchev–Trinajstić information content (AvgIpc) is 2.87. The van der Waals surface area contributed by atoms with Gasteiger partial charge in [-0.15, -0.1) is 0 Å². The molecule has 3 rings (SSSR count). The number of carbonyl (C=O) groups is 2. The van der Waals surface area contributed by atoms with Gasteiger partial charge in [0.2, 0.25) is 0 Å². The Morgan fingerprint density at radius 1 is 0.949 bits per heavy atom. The van der Waals surface area contributed by atoms with Gasteiger partial charge in [-0.2, -0.15) is 17.6 Å². The monoisotopic (exact) mass is 548 g/mol. The molecule has 0 aliphatic heterocycles. The summed E-state index contributed by atoms with van der Waals surface area (Å²) in [5.74, 6) is -1.81. The van der Waals surface area contributed by atoms with Crippen LogP contribution in [0.25, 0.3) is 6.08 Å². The Kier molecular flexibility index (Phi) is 9.37. The van der Waals surface area contributed by atoms with E-state index in [0.717, 1.165) is 29.8 Å². The summed E-state index contributed by atoms with van der Waals surface area (Å²) in [5.41, 5.74) is 13.8. The molecule has 0 atom stereocenters. The van der Waals surface area contributed by atoms with E-state index in [1.165, 1.54) is 31.4 Å². The molecule has 0 fully saturated rings. The van der Waals surface area contributed by atoms with Crippen LogP contribution in [0.3, 0.4) is 0 Å². The zero-order chi connectivity index (χ0) is 28.6. The zero-order valence-electron chi connectivity index (χ0n) is 20.5. The minimum absolute atomic E-state index is 0.0354. The summed E-state index contributed by atoms with van der Waals surface area (Å²) < 4.78 is 70.2. The summed E-state index contributed by atoms with van der Waals surface area (Å²) in [4.78, 5) is 24.5. The van der Waals surface area contributed by atoms with Crippen LogP contribution in [0.15, 0.2) is 66.7 Å². The van der Waals surface area contributed by atoms with Gasteiger partial charge in [0, 0.05) is 23.9 Å². The molecule has 0 radical (unpaired) electrons. The van der Waals surface area contributed by atoms with Crippen LogP contribution >= 0.6 is 0 Å². The number of ether oxygens (including phenoxy) is 4. The summed E-state index contributed by atoms with van der Waals surface area (Å²) in [7, 11) is 1.34. The number of anilines is 2. The predicted molar refractivity (Wildman–Crippen MR) is 135 cm³/mol. The summed E-state index contributed by atoms with van der Waals surface area (Å²) in [6.45, 7) is 0.117. The van der Waals surface area contributed by atoms with Gasteiger partial charge in [-0.05, 0) is 71.8 Å². The first-order valence-electron chi connectivity index (χ1n) is 11.3. The third-order valence-corrected chi connectivity index (χ3v) is 5.07. The van der Waals surface area contributed by atoms with Gasteiger partial charge < -0.3 is 30.4 Å². The SMILES string of the molecule is COc1cc(C=CC(=O)OCCc2cc(N)cc(N)c2)ccc1OC(=O)c1ccc(OC(F)(F)C(F)F)cc1. The maximum absolute atomic E-state index is 13.0. The van der Waals surface area contributed by atoms with Gasteiger partial charge in [0.05, 0.1) is 19.3 Å². The van der Waals surface area contributed by atoms with E-state index in [1.807, 2.05) is 0 Å². The molecule has 0 aromatic heterocycles. The van der Waals surface area contributed by atoms with Crippen LogP contribution in [-0.2, 0) is 16.0 Å². The van der Waals surface area contributed by atoms with Crippen molar-refractivity contribution >= 4 is 29.4 Å². The highest BCUT2D eigenvalue weighted by atomic mass is 19.3. The standard InChI is InChI=1S/C27H24F4N2O6/c1-36-23-14-16(3-9-24(34)37-11-10-17-12-19(32)15-20(33)13-17)2-8-22(23)38-25(35)18-4-6-21(7-5-18)39-27(30,31)26(28)29/h2-9,12-15,26H,10-11,32-33H2,1H3. The number of nitrogen functional groups attached to an aromatic ring is 2. The molecule has 0 bridgehead atoms. The van der Waals surface area contributed by atoms with Crippen molar-refractivity contribution in [2.45, 2.75) is 19.0 Å². The minimum atomic E-state index is -4.67. The molecule has 12 heteroatoms. The molecule has 3 aromatic carbocycles. The normalized spacial score (nSPS) is 11.4. The highest BCUT2D eigenvalue weighted by Crippen LogP contribution is 2.30. The van der Waals surface area contributed by atoms with Crippen LogP contribution < -0.4 is 25.7 Å². The molecule has 3 aromatic rings. The maximum Gasteiger partial charge on any atom is 0.461 e. The van der Waals surface area contributed by atoms with Crippen molar-refractivity contribution in [1.82, 2.24) is 0 Å². The second-order valence-corrected chi connectivity index (χ2v) is 8.05. The van der Waals surface area contributed by atoms with E-state index in [2.05, 4.69) is 4.74 Å². The second kappa shape index (κ2) is 12.7. The molecule has 0 heterocycles. The fourth-order valence-corrected chi connectivity index (χ4v) is 3.26. The zero-order valence-corrected chi connectivity index (χ0v) is 20.5. The number of esters is 2. The Morgan fingerprint density at radius 2 is 1.62 bits per heavy atom. The Labute approximate surface area is 220 Å². The molecule has 4 N–H and O–H groups in total. The van der Waals surface area contributed by atoms with Gasteiger partial charge in [-0.1, -0.05) is 6.07 Å². The first-order valence-corrected chi connectivity index (χ1v) is 11.3. The summed E-state index contributed by atoms with van der Waals surface area (Å²) in [5, 5.41) is 0. The third-order valence-electron chi connectivity index (χ3n) is 5.07. The van der Waals surface area contributed by atoms with E-state index < -0.39 is 30.2 Å². The molecule has 0 spiro atoms. The van der Waals surface area contributed by atoms with Crippen molar-refractivity contribution in [2.24, 2.45) is 0 Å². The minimum Gasteiger partial charge on any atom is -0.493 e. The fraction of sp³-hybridized carbons (Fsp3) is 0.185. The van der Waals surface area contributed by atoms with Gasteiger partial charge in [0.1, 0.15) is 5.75 Å². The highest BCUT2D eigenvalue weighted by molar-refractivity contribution is 5.91. The van der Waals surface area contributed by atoms with Gasteiger partial charge in [-0.25, -0.2) is 9.59 Å². The second-order valence-electron chi connectivity index (χ2n) is 8.05. The van der Waals surface area contributed by atoms with Gasteiger partial charge in [0.25, 0.3) is 0 Å². The topological polar surface area (TPSA) is 123 Å². The van der Waals surface area contributed by atoms with E-state index in [9.17, 15) is 27.2 Å². The fourth-order valence-electron chi connectivity index (χ4n) is 3.26. The molecular weight excluding hydrogens is 524 g/mol. The smallest absolute Gasteiger partial charge is 0.461 e. The summed E-state index contributed by atoms with van der Waals surface area (Å²) in [6, 6.07) is 13.6. The Bertz CT molecular complexity index is 1330. The first kappa shape index (κ1) is 28.8. The lowest BCUT2D eigenvalue weighted by atomic mass is 10.1. The molecular formula is C27H24F4N2O6. The summed E-state index contributed by atoms with van der Waals surface area (Å²) >= 11 is 0. The van der Waals surface area contributed by atoms with E-state index >= 15 is 0 Å². The maximum atomic E-state index is 13.0. The lowest BCUT2D eigenvalue weighted by Gasteiger charge is -2.16. The molecule has 8 nitrogen and oxygen atoms in total. The Morgan fingerprint density at radius 3 is 2.23 bits per heavy atom. The Hall–Kier alpha value is -4.74. The van der Waals surface area contributed by atoms with Crippen LogP contribution in [0.1, 0.15) is 21.5 Å². The van der Waals surface area contributed by atoms with Crippen molar-refractivity contribution in [3.63, 3.8) is 0 Å². The third kappa shape index (κ3) is 8.38. The number of benzene rings is 3. The molecule has 0 aliphatic rings. The van der Waals surface area contributed by atoms with Crippen molar-refractivity contribution in [3.8, 4) is 17.2 Å². The predicted octanol–water partition coefficient (Wildman–Crippen LogP) is 5.11. The molecule has 206 valence electrons. The van der Waals surface area contributed by atoms with Gasteiger partial charge in [-0.3, -0.25) is 0 Å². The van der Waals surface area contributed by atoms with Gasteiger partial charge >= 0.3 is 24.5 Å². The van der Waals surface area contributed by atoms with E-state index in [4.69, 9.17) is 25.7 Å². The van der Waals surface area contributed by atoms with Crippen LogP contribution in [-0.4, -0.2) is 38.2 Å². The number of alkyl halides is 4. The number of hydrogen-bond acceptors (Lipinski definition) is 8. The van der Waals surface area contributed by atoms with E-state index in [1.54, 1.807) is 24.3 Å². The molecule has 0 aliphatic carbocycles. The molecule has 39 heavy (non-hydrogen) atoms. The van der Waals surface area contributed by atoms with Crippen LogP contribution in [0.5, 0.6) is 17.2 Å². The molecule has 0 unspecified atom stereocenters. The molecule has 0 saturated heterocycles. The number of halogens is 4. The quantitative estimate of drug-likeness (QED) is 0.111. The van der Waals surface area contributed by atoms with Crippen molar-refractivity contribution < 1.29 is 46.1 Å². The first-order chi connectivity index (χ1) is 18.5. The van der Waals surface area contributed by atoms with Gasteiger partial charge in [0.15, 0.2) is 11.5 Å². The number of rotatable bonds is 11.